The molecular formula is C13H15Cl2FN4O. The van der Waals surface area contributed by atoms with Crippen molar-refractivity contribution in [3.8, 4) is 0 Å². The number of hydrogen-bond donors (Lipinski definition) is 2. The maximum atomic E-state index is 13.6. The van der Waals surface area contributed by atoms with Gasteiger partial charge in [-0.2, -0.15) is 5.10 Å². The number of benzene rings is 1. The lowest BCUT2D eigenvalue weighted by molar-refractivity contribution is 0.182. The summed E-state index contributed by atoms with van der Waals surface area (Å²) in [5.74, 6) is 5.10. The smallest absolute Gasteiger partial charge is 0.142 e. The molecule has 1 heterocycles. The van der Waals surface area contributed by atoms with E-state index in [1.165, 1.54) is 12.3 Å². The molecule has 1 aromatic heterocycles. The summed E-state index contributed by atoms with van der Waals surface area (Å²) in [6.45, 7) is 0.947. The van der Waals surface area contributed by atoms with Crippen LogP contribution in [-0.4, -0.2) is 23.5 Å². The number of hydrogen-bond acceptors (Lipinski definition) is 4. The van der Waals surface area contributed by atoms with Crippen LogP contribution < -0.4 is 11.3 Å². The van der Waals surface area contributed by atoms with Crippen LogP contribution in [0.25, 0.3) is 0 Å². The van der Waals surface area contributed by atoms with Gasteiger partial charge in [0.1, 0.15) is 5.82 Å². The minimum Gasteiger partial charge on any atom is -0.383 e. The molecule has 2 aromatic rings. The Morgan fingerprint density at radius 1 is 1.48 bits per heavy atom. The second-order valence-electron chi connectivity index (χ2n) is 4.34. The zero-order chi connectivity index (χ0) is 15.4. The third-order valence-corrected chi connectivity index (χ3v) is 3.76. The van der Waals surface area contributed by atoms with Crippen molar-refractivity contribution in [2.24, 2.45) is 5.84 Å². The predicted molar refractivity (Wildman–Crippen MR) is 79.7 cm³/mol. The Morgan fingerprint density at radius 3 is 2.90 bits per heavy atom. The zero-order valence-electron chi connectivity index (χ0n) is 11.3. The van der Waals surface area contributed by atoms with E-state index in [4.69, 9.17) is 33.8 Å². The number of hydrazine groups is 1. The van der Waals surface area contributed by atoms with Crippen molar-refractivity contribution in [2.75, 3.05) is 13.7 Å². The highest BCUT2D eigenvalue weighted by Crippen LogP contribution is 2.33. The summed E-state index contributed by atoms with van der Waals surface area (Å²) in [6, 6.07) is 3.94. The molecule has 2 rings (SSSR count). The van der Waals surface area contributed by atoms with Gasteiger partial charge in [0.15, 0.2) is 0 Å². The average molecular weight is 333 g/mol. The molecular weight excluding hydrogens is 318 g/mol. The van der Waals surface area contributed by atoms with Gasteiger partial charge < -0.3 is 4.74 Å². The number of halogens is 3. The first-order valence-corrected chi connectivity index (χ1v) is 6.96. The number of nitrogens with zero attached hydrogens (tertiary/aromatic N) is 2. The molecule has 0 bridgehead atoms. The van der Waals surface area contributed by atoms with Gasteiger partial charge in [-0.3, -0.25) is 10.5 Å². The first-order chi connectivity index (χ1) is 10.1. The fraction of sp³-hybridized carbons (Fsp3) is 0.308. The maximum absolute atomic E-state index is 13.6. The second kappa shape index (κ2) is 7.20. The minimum atomic E-state index is -0.583. The summed E-state index contributed by atoms with van der Waals surface area (Å²) < 4.78 is 20.3. The van der Waals surface area contributed by atoms with Crippen molar-refractivity contribution in [3.63, 3.8) is 0 Å². The van der Waals surface area contributed by atoms with Gasteiger partial charge in [0.05, 0.1) is 41.1 Å². The Hall–Kier alpha value is -1.18. The van der Waals surface area contributed by atoms with Gasteiger partial charge in [-0.25, -0.2) is 9.82 Å². The van der Waals surface area contributed by atoms with E-state index in [1.54, 1.807) is 23.9 Å². The van der Waals surface area contributed by atoms with Gasteiger partial charge in [0.2, 0.25) is 0 Å². The third kappa shape index (κ3) is 3.36. The van der Waals surface area contributed by atoms with Crippen molar-refractivity contribution in [1.29, 1.82) is 0 Å². The number of ether oxygens (including phenoxy) is 1. The van der Waals surface area contributed by atoms with Gasteiger partial charge in [0.25, 0.3) is 0 Å². The predicted octanol–water partition coefficient (Wildman–Crippen LogP) is 2.53. The number of nitrogens with one attached hydrogen (secondary N) is 1. The van der Waals surface area contributed by atoms with Crippen LogP contribution in [0, 0.1) is 5.82 Å². The number of rotatable bonds is 6. The highest BCUT2D eigenvalue weighted by atomic mass is 35.5. The molecule has 8 heteroatoms. The normalized spacial score (nSPS) is 12.6. The molecule has 0 aliphatic rings. The van der Waals surface area contributed by atoms with E-state index < -0.39 is 11.9 Å². The van der Waals surface area contributed by atoms with Crippen LogP contribution in [0.1, 0.15) is 17.3 Å². The lowest BCUT2D eigenvalue weighted by Gasteiger charge is -2.20. The zero-order valence-corrected chi connectivity index (χ0v) is 12.8. The molecule has 0 aliphatic heterocycles. The summed E-state index contributed by atoms with van der Waals surface area (Å²) in [4.78, 5) is 0. The molecule has 0 saturated heterocycles. The molecule has 0 spiro atoms. The van der Waals surface area contributed by atoms with Crippen LogP contribution >= 0.6 is 23.2 Å². The van der Waals surface area contributed by atoms with Crippen molar-refractivity contribution in [1.82, 2.24) is 15.2 Å². The summed E-state index contributed by atoms with van der Waals surface area (Å²) in [5.41, 5.74) is 3.70. The van der Waals surface area contributed by atoms with E-state index in [0.717, 1.165) is 0 Å². The molecule has 114 valence electrons. The average Bonchev–Trinajstić information content (AvgIpc) is 2.83. The van der Waals surface area contributed by atoms with E-state index in [1.807, 2.05) is 0 Å². The molecule has 1 aromatic carbocycles. The topological polar surface area (TPSA) is 65.1 Å². The Kier molecular flexibility index (Phi) is 5.55. The van der Waals surface area contributed by atoms with Gasteiger partial charge in [-0.15, -0.1) is 0 Å². The lowest BCUT2D eigenvalue weighted by atomic mass is 10.0. The highest BCUT2D eigenvalue weighted by molar-refractivity contribution is 6.32. The van der Waals surface area contributed by atoms with Crippen molar-refractivity contribution >= 4 is 23.2 Å². The number of nitrogens with two attached hydrogens (primary N) is 1. The fourth-order valence-electron chi connectivity index (χ4n) is 2.07. The molecule has 0 fully saturated rings. The Labute approximate surface area is 131 Å². The summed E-state index contributed by atoms with van der Waals surface area (Å²) in [7, 11) is 1.59. The molecule has 0 saturated carbocycles. The van der Waals surface area contributed by atoms with Gasteiger partial charge in [-0.1, -0.05) is 35.3 Å². The van der Waals surface area contributed by atoms with Gasteiger partial charge in [0, 0.05) is 7.11 Å². The van der Waals surface area contributed by atoms with Crippen LogP contribution in [0.4, 0.5) is 4.39 Å². The summed E-state index contributed by atoms with van der Waals surface area (Å²) in [5, 5.41) is 4.58. The van der Waals surface area contributed by atoms with Crippen molar-refractivity contribution in [3.05, 3.63) is 51.5 Å². The van der Waals surface area contributed by atoms with E-state index in [-0.39, 0.29) is 5.02 Å². The van der Waals surface area contributed by atoms with Crippen LogP contribution in [0.5, 0.6) is 0 Å². The Bertz CT molecular complexity index is 620. The largest absolute Gasteiger partial charge is 0.383 e. The second-order valence-corrected chi connectivity index (χ2v) is 5.12. The SMILES string of the molecule is COCCn1ncc(Cl)c1C(NN)c1cccc(F)c1Cl. The standard InChI is InChI=1S/C13H15Cl2FN4O/c1-21-6-5-20-13(9(14)7-18-20)12(19-17)8-3-2-4-10(16)11(8)15/h2-4,7,12,19H,5-6,17H2,1H3. The highest BCUT2D eigenvalue weighted by Gasteiger charge is 2.24. The first-order valence-electron chi connectivity index (χ1n) is 6.20. The Balaban J connectivity index is 2.46. The van der Waals surface area contributed by atoms with Crippen LogP contribution in [0.2, 0.25) is 10.0 Å². The number of aromatic nitrogens is 2. The molecule has 1 atom stereocenters. The monoisotopic (exact) mass is 332 g/mol. The van der Waals surface area contributed by atoms with E-state index in [0.29, 0.717) is 29.4 Å². The van der Waals surface area contributed by atoms with E-state index >= 15 is 0 Å². The van der Waals surface area contributed by atoms with E-state index in [2.05, 4.69) is 10.5 Å². The van der Waals surface area contributed by atoms with Crippen LogP contribution in [-0.2, 0) is 11.3 Å². The molecule has 3 N–H and O–H groups in total. The van der Waals surface area contributed by atoms with Gasteiger partial charge >= 0.3 is 0 Å². The number of methoxy groups -OCH3 is 1. The van der Waals surface area contributed by atoms with Crippen molar-refractivity contribution < 1.29 is 9.13 Å². The minimum absolute atomic E-state index is 0.00370. The molecule has 0 radical (unpaired) electrons. The van der Waals surface area contributed by atoms with Crippen molar-refractivity contribution in [2.45, 2.75) is 12.6 Å². The molecule has 21 heavy (non-hydrogen) atoms. The Morgan fingerprint density at radius 2 is 2.24 bits per heavy atom. The van der Waals surface area contributed by atoms with Gasteiger partial charge in [-0.05, 0) is 11.6 Å². The molecule has 0 amide bonds. The quantitative estimate of drug-likeness (QED) is 0.630. The molecule has 5 nitrogen and oxygen atoms in total. The summed E-state index contributed by atoms with van der Waals surface area (Å²) >= 11 is 12.2. The fourth-order valence-corrected chi connectivity index (χ4v) is 2.56. The summed E-state index contributed by atoms with van der Waals surface area (Å²) in [6.07, 6.45) is 1.50. The van der Waals surface area contributed by atoms with Crippen LogP contribution in [0.15, 0.2) is 24.4 Å². The van der Waals surface area contributed by atoms with E-state index in [9.17, 15) is 4.39 Å². The van der Waals surface area contributed by atoms with Crippen LogP contribution in [0.3, 0.4) is 0 Å². The molecule has 0 aliphatic carbocycles. The lowest BCUT2D eigenvalue weighted by Crippen LogP contribution is -2.31. The maximum Gasteiger partial charge on any atom is 0.142 e. The first kappa shape index (κ1) is 16.2. The third-order valence-electron chi connectivity index (χ3n) is 3.07. The molecule has 1 unspecified atom stereocenters.